The Morgan fingerprint density at radius 2 is 1.96 bits per heavy atom. The van der Waals surface area contributed by atoms with Gasteiger partial charge in [-0.15, -0.1) is 23.8 Å². The van der Waals surface area contributed by atoms with Crippen molar-refractivity contribution in [2.24, 2.45) is 5.10 Å². The monoisotopic (exact) mass is 416 g/mol. The number of ether oxygens (including phenoxy) is 1. The maximum absolute atomic E-state index is 12.5. The van der Waals surface area contributed by atoms with Crippen LogP contribution >= 0.6 is 11.6 Å². The van der Waals surface area contributed by atoms with Gasteiger partial charge in [-0.1, -0.05) is 11.6 Å². The normalized spacial score (nSPS) is 13.9. The summed E-state index contributed by atoms with van der Waals surface area (Å²) >= 11 is 5.86. The van der Waals surface area contributed by atoms with E-state index >= 15 is 0 Å². The van der Waals surface area contributed by atoms with E-state index in [9.17, 15) is 31.5 Å². The highest BCUT2D eigenvalue weighted by Gasteiger charge is 2.34. The summed E-state index contributed by atoms with van der Waals surface area (Å²) in [5, 5.41) is 7.90. The fraction of sp³-hybridized carbons (Fsp3) is 0.250. The lowest BCUT2D eigenvalue weighted by atomic mass is 10.1. The molecule has 0 spiro atoms. The Labute approximate surface area is 152 Å². The zero-order valence-corrected chi connectivity index (χ0v) is 13.9. The van der Waals surface area contributed by atoms with E-state index in [1.807, 2.05) is 0 Å². The van der Waals surface area contributed by atoms with Crippen LogP contribution in [0.25, 0.3) is 0 Å². The number of carbonyl (C=O) groups excluding carboxylic acids is 2. The van der Waals surface area contributed by atoms with E-state index in [1.165, 1.54) is 17.4 Å². The molecule has 27 heavy (non-hydrogen) atoms. The number of guanidine groups is 1. The number of hydrazine groups is 2. The highest BCUT2D eigenvalue weighted by Crippen LogP contribution is 2.38. The number of benzene rings is 1. The second-order valence-electron chi connectivity index (χ2n) is 4.81. The van der Waals surface area contributed by atoms with Gasteiger partial charge in [0.25, 0.3) is 11.8 Å². The molecule has 0 unspecified atom stereocenters. The standard InChI is InChI=1S/C12H10ClF5N6O3/c1-24-11(21-22-23-24)20-9(25)4-2-3-5(27-12(16,17)18)7(6(4)13)19-10(26)8(14)15/h2-3,8,22-23H,1H3,(H,19,26)(H,20,21,25). The number of hydrazone groups is 1. The molecule has 0 radical (unpaired) electrons. The molecule has 0 fully saturated rings. The first-order chi connectivity index (χ1) is 12.5. The van der Waals surface area contributed by atoms with Crippen LogP contribution in [0.3, 0.4) is 0 Å². The number of amides is 2. The number of nitrogens with one attached hydrogen (secondary N) is 4. The van der Waals surface area contributed by atoms with E-state index in [4.69, 9.17) is 11.6 Å². The van der Waals surface area contributed by atoms with Crippen LogP contribution in [0.1, 0.15) is 10.4 Å². The Morgan fingerprint density at radius 3 is 2.48 bits per heavy atom. The number of anilines is 1. The summed E-state index contributed by atoms with van der Waals surface area (Å²) in [6.07, 6.45) is -8.74. The van der Waals surface area contributed by atoms with Crippen molar-refractivity contribution in [2.45, 2.75) is 12.8 Å². The van der Waals surface area contributed by atoms with Crippen molar-refractivity contribution >= 4 is 35.1 Å². The molecule has 2 rings (SSSR count). The predicted octanol–water partition coefficient (Wildman–Crippen LogP) is 1.40. The van der Waals surface area contributed by atoms with E-state index in [2.05, 4.69) is 26.2 Å². The summed E-state index contributed by atoms with van der Waals surface area (Å²) in [5.41, 5.74) is 3.41. The largest absolute Gasteiger partial charge is 0.573 e. The van der Waals surface area contributed by atoms with E-state index in [-0.39, 0.29) is 5.96 Å². The van der Waals surface area contributed by atoms with E-state index < -0.39 is 46.6 Å². The second kappa shape index (κ2) is 7.79. The first kappa shape index (κ1) is 20.4. The molecule has 1 aliphatic rings. The van der Waals surface area contributed by atoms with Gasteiger partial charge in [-0.25, -0.2) is 5.53 Å². The summed E-state index contributed by atoms with van der Waals surface area (Å²) < 4.78 is 66.0. The number of hydrogen-bond donors (Lipinski definition) is 4. The summed E-state index contributed by atoms with van der Waals surface area (Å²) in [5.74, 6) is -3.97. The third kappa shape index (κ3) is 5.07. The Kier molecular flexibility index (Phi) is 5.90. The second-order valence-corrected chi connectivity index (χ2v) is 5.19. The highest BCUT2D eigenvalue weighted by molar-refractivity contribution is 6.37. The molecule has 0 aliphatic carbocycles. The zero-order chi connectivity index (χ0) is 20.4. The van der Waals surface area contributed by atoms with Crippen molar-refractivity contribution in [3.63, 3.8) is 0 Å². The van der Waals surface area contributed by atoms with Crippen molar-refractivity contribution in [2.75, 3.05) is 12.4 Å². The fourth-order valence-electron chi connectivity index (χ4n) is 1.80. The molecule has 4 N–H and O–H groups in total. The average molecular weight is 417 g/mol. The van der Waals surface area contributed by atoms with E-state index in [0.29, 0.717) is 6.07 Å². The van der Waals surface area contributed by atoms with Crippen LogP contribution in [0.5, 0.6) is 5.75 Å². The fourth-order valence-corrected chi connectivity index (χ4v) is 2.09. The molecule has 0 bridgehead atoms. The highest BCUT2D eigenvalue weighted by atomic mass is 35.5. The van der Waals surface area contributed by atoms with E-state index in [1.54, 1.807) is 0 Å². The third-order valence-corrected chi connectivity index (χ3v) is 3.34. The summed E-state index contributed by atoms with van der Waals surface area (Å²) in [6, 6.07) is 1.50. The number of rotatable bonds is 4. The minimum Gasteiger partial charge on any atom is -0.404 e. The molecule has 2 amide bonds. The van der Waals surface area contributed by atoms with Crippen LogP contribution in [0.4, 0.5) is 27.6 Å². The average Bonchev–Trinajstić information content (AvgIpc) is 2.94. The van der Waals surface area contributed by atoms with Crippen molar-refractivity contribution in [3.05, 3.63) is 22.7 Å². The molecule has 9 nitrogen and oxygen atoms in total. The smallest absolute Gasteiger partial charge is 0.404 e. The van der Waals surface area contributed by atoms with Crippen molar-refractivity contribution in [3.8, 4) is 5.75 Å². The van der Waals surface area contributed by atoms with Gasteiger partial charge < -0.3 is 10.1 Å². The predicted molar refractivity (Wildman–Crippen MR) is 81.7 cm³/mol. The van der Waals surface area contributed by atoms with Crippen LogP contribution < -0.4 is 26.4 Å². The minimum absolute atomic E-state index is 0.0233. The summed E-state index contributed by atoms with van der Waals surface area (Å²) in [6.45, 7) is 0. The van der Waals surface area contributed by atoms with Crippen LogP contribution in [0.2, 0.25) is 5.02 Å². The molecule has 1 aromatic carbocycles. The number of hydrogen-bond acceptors (Lipinski definition) is 7. The lowest BCUT2D eigenvalue weighted by Gasteiger charge is -2.18. The third-order valence-electron chi connectivity index (χ3n) is 2.94. The Hall–Kier alpha value is -2.87. The maximum Gasteiger partial charge on any atom is 0.573 e. The first-order valence-corrected chi connectivity index (χ1v) is 7.18. The molecule has 0 saturated carbocycles. The van der Waals surface area contributed by atoms with Gasteiger partial charge in [0.15, 0.2) is 5.75 Å². The van der Waals surface area contributed by atoms with Gasteiger partial charge in [-0.2, -0.15) is 8.78 Å². The number of halogens is 6. The van der Waals surface area contributed by atoms with Gasteiger partial charge in [0.05, 0.1) is 10.6 Å². The van der Waals surface area contributed by atoms with Crippen LogP contribution in [0, 0.1) is 0 Å². The van der Waals surface area contributed by atoms with Crippen molar-refractivity contribution in [1.82, 2.24) is 21.4 Å². The molecule has 15 heteroatoms. The van der Waals surface area contributed by atoms with Crippen LogP contribution in [0.15, 0.2) is 17.2 Å². The molecule has 148 valence electrons. The number of nitrogens with zero attached hydrogens (tertiary/aromatic N) is 2. The molecular formula is C12H10ClF5N6O3. The summed E-state index contributed by atoms with van der Waals surface area (Å²) in [4.78, 5) is 23.4. The Bertz CT molecular complexity index is 788. The van der Waals surface area contributed by atoms with Gasteiger partial charge in [-0.05, 0) is 12.1 Å². The van der Waals surface area contributed by atoms with Gasteiger partial charge in [0.1, 0.15) is 5.69 Å². The topological polar surface area (TPSA) is 107 Å². The van der Waals surface area contributed by atoms with Gasteiger partial charge >= 0.3 is 12.8 Å². The van der Waals surface area contributed by atoms with Crippen molar-refractivity contribution < 1.29 is 36.3 Å². The van der Waals surface area contributed by atoms with Gasteiger partial charge in [0.2, 0.25) is 5.96 Å². The van der Waals surface area contributed by atoms with Crippen LogP contribution in [-0.2, 0) is 4.79 Å². The minimum atomic E-state index is -5.20. The Morgan fingerprint density at radius 1 is 1.30 bits per heavy atom. The number of carbonyl (C=O) groups is 2. The van der Waals surface area contributed by atoms with E-state index in [0.717, 1.165) is 6.07 Å². The molecular weight excluding hydrogens is 407 g/mol. The van der Waals surface area contributed by atoms with Gasteiger partial charge in [-0.3, -0.25) is 19.9 Å². The van der Waals surface area contributed by atoms with Crippen molar-refractivity contribution in [1.29, 1.82) is 0 Å². The number of alkyl halides is 5. The molecule has 1 aliphatic heterocycles. The molecule has 0 saturated heterocycles. The SMILES string of the molecule is CN1NNN=C1NC(=O)c1ccc(OC(F)(F)F)c(NC(=O)C(F)F)c1Cl. The first-order valence-electron chi connectivity index (χ1n) is 6.80. The molecule has 0 atom stereocenters. The molecule has 1 heterocycles. The Balaban J connectivity index is 2.38. The molecule has 1 aromatic rings. The lowest BCUT2D eigenvalue weighted by Crippen LogP contribution is -2.45. The maximum atomic E-state index is 12.5. The van der Waals surface area contributed by atoms with Crippen LogP contribution in [-0.4, -0.2) is 42.6 Å². The lowest BCUT2D eigenvalue weighted by molar-refractivity contribution is -0.274. The summed E-state index contributed by atoms with van der Waals surface area (Å²) in [7, 11) is 1.47. The zero-order valence-electron chi connectivity index (χ0n) is 13.1. The molecule has 0 aromatic heterocycles. The van der Waals surface area contributed by atoms with Gasteiger partial charge in [0, 0.05) is 7.05 Å². The quantitative estimate of drug-likeness (QED) is 0.553.